The Morgan fingerprint density at radius 3 is 2.03 bits per heavy atom. The van der Waals surface area contributed by atoms with E-state index >= 15 is 0 Å². The van der Waals surface area contributed by atoms with Gasteiger partial charge in [-0.15, -0.1) is 0 Å². The molecule has 2 amide bonds. The molecule has 7 nitrogen and oxygen atoms in total. The average Bonchev–Trinajstić information content (AvgIpc) is 3.23. The molecule has 2 fully saturated rings. The zero-order chi connectivity index (χ0) is 26.1. The Balaban J connectivity index is 1.23. The number of piperidine rings is 1. The number of aliphatic hydroxyl groups is 1. The second-order valence-electron chi connectivity index (χ2n) is 10.3. The number of anilines is 1. The third kappa shape index (κ3) is 4.90. The number of nitrogens with zero attached hydrogens (tertiary/aromatic N) is 2. The van der Waals surface area contributed by atoms with E-state index in [0.29, 0.717) is 16.8 Å². The molecule has 0 saturated carbocycles. The zero-order valence-electron chi connectivity index (χ0n) is 21.3. The highest BCUT2D eigenvalue weighted by atomic mass is 16.7. The van der Waals surface area contributed by atoms with Crippen LogP contribution in [0.4, 0.5) is 5.69 Å². The average molecular weight is 513 g/mol. The first kappa shape index (κ1) is 24.9. The van der Waals surface area contributed by atoms with Gasteiger partial charge in [0.05, 0.1) is 35.6 Å². The van der Waals surface area contributed by atoms with E-state index in [0.717, 1.165) is 42.7 Å². The minimum Gasteiger partial charge on any atom is -0.392 e. The van der Waals surface area contributed by atoms with Crippen LogP contribution in [0.3, 0.4) is 0 Å². The van der Waals surface area contributed by atoms with Crippen molar-refractivity contribution in [1.82, 2.24) is 4.90 Å². The van der Waals surface area contributed by atoms with E-state index in [9.17, 15) is 14.7 Å². The maximum atomic E-state index is 12.9. The quantitative estimate of drug-likeness (QED) is 0.468. The first-order valence-corrected chi connectivity index (χ1v) is 13.4. The lowest BCUT2D eigenvalue weighted by molar-refractivity contribution is -0.253. The van der Waals surface area contributed by atoms with Gasteiger partial charge in [0, 0.05) is 18.5 Å². The Morgan fingerprint density at radius 2 is 1.39 bits per heavy atom. The Morgan fingerprint density at radius 1 is 0.763 bits per heavy atom. The van der Waals surface area contributed by atoms with Crippen molar-refractivity contribution in [2.75, 3.05) is 24.5 Å². The van der Waals surface area contributed by atoms with E-state index < -0.39 is 6.29 Å². The van der Waals surface area contributed by atoms with Gasteiger partial charge in [-0.1, -0.05) is 55.0 Å². The molecule has 0 spiro atoms. The Labute approximate surface area is 222 Å². The topological polar surface area (TPSA) is 79.3 Å². The molecule has 3 aromatic rings. The van der Waals surface area contributed by atoms with Crippen LogP contribution in [0.2, 0.25) is 0 Å². The van der Waals surface area contributed by atoms with Gasteiger partial charge in [0.25, 0.3) is 11.8 Å². The van der Waals surface area contributed by atoms with Gasteiger partial charge < -0.3 is 19.5 Å². The summed E-state index contributed by atoms with van der Waals surface area (Å²) in [6.07, 6.45) is 3.76. The van der Waals surface area contributed by atoms with E-state index in [4.69, 9.17) is 9.47 Å². The molecule has 0 unspecified atom stereocenters. The smallest absolute Gasteiger partial charge is 0.266 e. The second kappa shape index (κ2) is 10.8. The molecule has 3 aliphatic heterocycles. The van der Waals surface area contributed by atoms with E-state index in [1.54, 1.807) is 36.4 Å². The van der Waals surface area contributed by atoms with Gasteiger partial charge in [0.2, 0.25) is 0 Å². The summed E-state index contributed by atoms with van der Waals surface area (Å²) in [5.41, 5.74) is 4.14. The van der Waals surface area contributed by atoms with Crippen LogP contribution >= 0.6 is 0 Å². The SMILES string of the molecule is O=C1c2ccccc2C(=O)N1c1ccc([C@@H]2O[C@H](CN3CCCCC3)C[C@H](c3ccc(CO)cc3)O2)cc1. The number of benzene rings is 3. The van der Waals surface area contributed by atoms with Crippen molar-refractivity contribution in [1.29, 1.82) is 0 Å². The van der Waals surface area contributed by atoms with Crippen molar-refractivity contribution >= 4 is 17.5 Å². The molecule has 0 radical (unpaired) electrons. The summed E-state index contributed by atoms with van der Waals surface area (Å²) in [7, 11) is 0. The summed E-state index contributed by atoms with van der Waals surface area (Å²) in [5.74, 6) is -0.618. The largest absolute Gasteiger partial charge is 0.392 e. The van der Waals surface area contributed by atoms with Gasteiger partial charge in [0.1, 0.15) is 0 Å². The third-order valence-corrected chi connectivity index (χ3v) is 7.74. The molecule has 3 aliphatic rings. The van der Waals surface area contributed by atoms with Gasteiger partial charge in [-0.3, -0.25) is 9.59 Å². The third-order valence-electron chi connectivity index (χ3n) is 7.74. The van der Waals surface area contributed by atoms with E-state index in [-0.39, 0.29) is 30.6 Å². The number of fused-ring (bicyclic) bond motifs is 1. The van der Waals surface area contributed by atoms with E-state index in [1.165, 1.54) is 24.2 Å². The summed E-state index contributed by atoms with van der Waals surface area (Å²) in [6.45, 7) is 3.05. The molecule has 0 bridgehead atoms. The monoisotopic (exact) mass is 512 g/mol. The zero-order valence-corrected chi connectivity index (χ0v) is 21.3. The van der Waals surface area contributed by atoms with Gasteiger partial charge >= 0.3 is 0 Å². The molecule has 0 aromatic heterocycles. The number of carbonyl (C=O) groups is 2. The van der Waals surface area contributed by atoms with Crippen LogP contribution in [0.5, 0.6) is 0 Å². The van der Waals surface area contributed by atoms with E-state index in [1.807, 2.05) is 36.4 Å². The predicted molar refractivity (Wildman–Crippen MR) is 143 cm³/mol. The fourth-order valence-corrected chi connectivity index (χ4v) is 5.67. The second-order valence-corrected chi connectivity index (χ2v) is 10.3. The Hall–Kier alpha value is -3.36. The molecule has 196 valence electrons. The molecule has 6 rings (SSSR count). The lowest BCUT2D eigenvalue weighted by Crippen LogP contribution is -2.41. The number of carbonyl (C=O) groups excluding carboxylic acids is 2. The standard InChI is InChI=1S/C31H32N2O5/c34-20-21-8-10-22(11-9-21)28-18-25(19-32-16-4-1-5-17-32)37-31(38-28)23-12-14-24(15-13-23)33-29(35)26-6-2-3-7-27(26)30(33)36/h2-3,6-15,25,28,31,34H,1,4-5,16-20H2/t25-,28+,31+/m0/s1. The Kier molecular flexibility index (Phi) is 7.08. The van der Waals surface area contributed by atoms with E-state index in [2.05, 4.69) is 4.90 Å². The number of imide groups is 1. The maximum Gasteiger partial charge on any atom is 0.266 e. The molecule has 3 atom stereocenters. The maximum absolute atomic E-state index is 12.9. The van der Waals surface area contributed by atoms with Crippen LogP contribution in [0.25, 0.3) is 0 Å². The highest BCUT2D eigenvalue weighted by Crippen LogP contribution is 2.39. The van der Waals surface area contributed by atoms with Crippen molar-refractivity contribution < 1.29 is 24.2 Å². The number of hydrogen-bond donors (Lipinski definition) is 1. The lowest BCUT2D eigenvalue weighted by Gasteiger charge is -2.39. The highest BCUT2D eigenvalue weighted by molar-refractivity contribution is 6.34. The highest BCUT2D eigenvalue weighted by Gasteiger charge is 2.37. The number of aliphatic hydroxyl groups excluding tert-OH is 1. The van der Waals surface area contributed by atoms with Crippen LogP contribution in [0.1, 0.15) is 75.5 Å². The van der Waals surface area contributed by atoms with Crippen LogP contribution in [0.15, 0.2) is 72.8 Å². The summed E-state index contributed by atoms with van der Waals surface area (Å²) in [5, 5.41) is 9.44. The number of rotatable bonds is 6. The fourth-order valence-electron chi connectivity index (χ4n) is 5.67. The minimum absolute atomic E-state index is 0.00489. The number of hydrogen-bond acceptors (Lipinski definition) is 6. The minimum atomic E-state index is -0.572. The van der Waals surface area contributed by atoms with Crippen LogP contribution in [0, 0.1) is 0 Å². The Bertz CT molecular complexity index is 1270. The molecule has 3 heterocycles. The number of likely N-dealkylation sites (tertiary alicyclic amines) is 1. The van der Waals surface area contributed by atoms with Gasteiger partial charge in [-0.2, -0.15) is 0 Å². The van der Waals surface area contributed by atoms with Crippen molar-refractivity contribution in [2.24, 2.45) is 0 Å². The molecule has 1 N–H and O–H groups in total. The van der Waals surface area contributed by atoms with Crippen molar-refractivity contribution in [3.63, 3.8) is 0 Å². The molecule has 0 aliphatic carbocycles. The lowest BCUT2D eigenvalue weighted by atomic mass is 9.99. The number of ether oxygens (including phenoxy) is 2. The van der Waals surface area contributed by atoms with Crippen molar-refractivity contribution in [3.05, 3.63) is 101 Å². The summed E-state index contributed by atoms with van der Waals surface area (Å²) >= 11 is 0. The molecular formula is C31H32N2O5. The van der Waals surface area contributed by atoms with Crippen LogP contribution in [-0.2, 0) is 16.1 Å². The number of amides is 2. The van der Waals surface area contributed by atoms with Gasteiger partial charge in [-0.05, 0) is 61.3 Å². The summed E-state index contributed by atoms with van der Waals surface area (Å²) in [6, 6.07) is 22.1. The molecule has 3 aromatic carbocycles. The van der Waals surface area contributed by atoms with Gasteiger partial charge in [-0.25, -0.2) is 4.90 Å². The first-order valence-electron chi connectivity index (χ1n) is 13.4. The summed E-state index contributed by atoms with van der Waals surface area (Å²) < 4.78 is 12.9. The van der Waals surface area contributed by atoms with Gasteiger partial charge in [0.15, 0.2) is 6.29 Å². The van der Waals surface area contributed by atoms with Crippen molar-refractivity contribution in [3.8, 4) is 0 Å². The predicted octanol–water partition coefficient (Wildman–Crippen LogP) is 5.01. The van der Waals surface area contributed by atoms with Crippen LogP contribution in [-0.4, -0.2) is 47.6 Å². The molecule has 7 heteroatoms. The normalized spacial score (nSPS) is 24.0. The fraction of sp³-hybridized carbons (Fsp3) is 0.355. The van der Waals surface area contributed by atoms with Crippen LogP contribution < -0.4 is 4.90 Å². The first-order chi connectivity index (χ1) is 18.6. The summed E-state index contributed by atoms with van der Waals surface area (Å²) in [4.78, 5) is 29.5. The molecule has 38 heavy (non-hydrogen) atoms. The van der Waals surface area contributed by atoms with Crippen molar-refractivity contribution in [2.45, 2.75) is 50.8 Å². The molecule has 2 saturated heterocycles. The molecular weight excluding hydrogens is 480 g/mol.